The van der Waals surface area contributed by atoms with E-state index in [2.05, 4.69) is 20.4 Å². The van der Waals surface area contributed by atoms with Crippen LogP contribution >= 0.6 is 0 Å². The van der Waals surface area contributed by atoms with Crippen molar-refractivity contribution in [3.8, 4) is 0 Å². The average molecular weight is 290 g/mol. The normalized spacial score (nSPS) is 14.0. The standard InChI is InChI=1S/C18H26O3/c1-13(2)10-18(17(20)11-16(19)14(3)4)21-12-15-8-6-5-7-9-15/h5-9,13,16,18-19H,3,10-12H2,1-2,4H3/t16-,18-/m0/s1. The fraction of sp³-hybridized carbons (Fsp3) is 0.500. The lowest BCUT2D eigenvalue weighted by Crippen LogP contribution is -2.29. The van der Waals surface area contributed by atoms with Gasteiger partial charge in [-0.15, -0.1) is 0 Å². The van der Waals surface area contributed by atoms with Gasteiger partial charge in [-0.2, -0.15) is 0 Å². The van der Waals surface area contributed by atoms with E-state index in [9.17, 15) is 9.90 Å². The number of benzene rings is 1. The van der Waals surface area contributed by atoms with Gasteiger partial charge in [-0.3, -0.25) is 4.79 Å². The van der Waals surface area contributed by atoms with E-state index in [1.165, 1.54) is 0 Å². The summed E-state index contributed by atoms with van der Waals surface area (Å²) in [7, 11) is 0. The smallest absolute Gasteiger partial charge is 0.164 e. The first-order chi connectivity index (χ1) is 9.90. The van der Waals surface area contributed by atoms with Crippen molar-refractivity contribution in [3.63, 3.8) is 0 Å². The van der Waals surface area contributed by atoms with Crippen molar-refractivity contribution in [2.45, 2.75) is 52.4 Å². The van der Waals surface area contributed by atoms with Crippen LogP contribution in [0.3, 0.4) is 0 Å². The van der Waals surface area contributed by atoms with Crippen LogP contribution in [0.15, 0.2) is 42.5 Å². The summed E-state index contributed by atoms with van der Waals surface area (Å²) in [4.78, 5) is 12.3. The molecule has 3 nitrogen and oxygen atoms in total. The fourth-order valence-corrected chi connectivity index (χ4v) is 1.99. The quantitative estimate of drug-likeness (QED) is 0.708. The molecule has 1 aromatic rings. The number of ketones is 1. The maximum absolute atomic E-state index is 12.3. The largest absolute Gasteiger partial charge is 0.388 e. The molecular weight excluding hydrogens is 264 g/mol. The van der Waals surface area contributed by atoms with Gasteiger partial charge in [0.2, 0.25) is 0 Å². The zero-order chi connectivity index (χ0) is 15.8. The van der Waals surface area contributed by atoms with E-state index >= 15 is 0 Å². The van der Waals surface area contributed by atoms with Crippen molar-refractivity contribution in [2.75, 3.05) is 0 Å². The van der Waals surface area contributed by atoms with Gasteiger partial charge in [-0.25, -0.2) is 0 Å². The molecule has 0 fully saturated rings. The van der Waals surface area contributed by atoms with Crippen LogP contribution in [-0.2, 0) is 16.1 Å². The molecule has 116 valence electrons. The monoisotopic (exact) mass is 290 g/mol. The molecule has 0 heterocycles. The first kappa shape index (κ1) is 17.6. The van der Waals surface area contributed by atoms with Crippen LogP contribution in [0.5, 0.6) is 0 Å². The number of carbonyl (C=O) groups excluding carboxylic acids is 1. The van der Waals surface area contributed by atoms with Gasteiger partial charge in [0.05, 0.1) is 12.7 Å². The van der Waals surface area contributed by atoms with E-state index in [1.54, 1.807) is 6.92 Å². The second kappa shape index (κ2) is 8.75. The summed E-state index contributed by atoms with van der Waals surface area (Å²) in [5.41, 5.74) is 1.65. The molecule has 3 heteroatoms. The Morgan fingerprint density at radius 2 is 1.90 bits per heavy atom. The van der Waals surface area contributed by atoms with Gasteiger partial charge < -0.3 is 9.84 Å². The number of aliphatic hydroxyl groups is 1. The molecule has 0 radical (unpaired) electrons. The lowest BCUT2D eigenvalue weighted by Gasteiger charge is -2.20. The van der Waals surface area contributed by atoms with Gasteiger partial charge in [0.25, 0.3) is 0 Å². The molecule has 0 saturated heterocycles. The third kappa shape index (κ3) is 6.69. The lowest BCUT2D eigenvalue weighted by atomic mass is 9.97. The Morgan fingerprint density at radius 1 is 1.29 bits per heavy atom. The predicted octanol–water partition coefficient (Wildman–Crippen LogP) is 3.51. The van der Waals surface area contributed by atoms with Gasteiger partial charge in [-0.05, 0) is 24.8 Å². The van der Waals surface area contributed by atoms with Crippen molar-refractivity contribution in [2.24, 2.45) is 5.92 Å². The summed E-state index contributed by atoms with van der Waals surface area (Å²) in [6, 6.07) is 9.79. The molecule has 0 saturated carbocycles. The van der Waals surface area contributed by atoms with E-state index < -0.39 is 12.2 Å². The van der Waals surface area contributed by atoms with Crippen LogP contribution in [0.4, 0.5) is 0 Å². The Bertz CT molecular complexity index is 451. The second-order valence-corrected chi connectivity index (χ2v) is 5.95. The first-order valence-electron chi connectivity index (χ1n) is 7.41. The molecule has 0 aromatic heterocycles. The molecule has 0 aliphatic rings. The number of hydrogen-bond donors (Lipinski definition) is 1. The molecule has 0 bridgehead atoms. The summed E-state index contributed by atoms with van der Waals surface area (Å²) >= 11 is 0. The van der Waals surface area contributed by atoms with Gasteiger partial charge in [-0.1, -0.05) is 56.3 Å². The zero-order valence-corrected chi connectivity index (χ0v) is 13.2. The Labute approximate surface area is 127 Å². The number of rotatable bonds is 9. The van der Waals surface area contributed by atoms with Crippen molar-refractivity contribution >= 4 is 5.78 Å². The minimum Gasteiger partial charge on any atom is -0.388 e. The number of carbonyl (C=O) groups is 1. The molecule has 1 aromatic carbocycles. The third-order valence-corrected chi connectivity index (χ3v) is 3.30. The highest BCUT2D eigenvalue weighted by Crippen LogP contribution is 2.16. The van der Waals surface area contributed by atoms with Crippen molar-refractivity contribution in [1.82, 2.24) is 0 Å². The van der Waals surface area contributed by atoms with Crippen LogP contribution in [-0.4, -0.2) is 23.1 Å². The summed E-state index contributed by atoms with van der Waals surface area (Å²) in [5.74, 6) is 0.298. The molecule has 0 amide bonds. The molecule has 0 aliphatic carbocycles. The maximum Gasteiger partial charge on any atom is 0.164 e. The Morgan fingerprint density at radius 3 is 2.43 bits per heavy atom. The number of ether oxygens (including phenoxy) is 1. The summed E-state index contributed by atoms with van der Waals surface area (Å²) < 4.78 is 5.79. The van der Waals surface area contributed by atoms with Gasteiger partial charge in [0.1, 0.15) is 6.10 Å². The predicted molar refractivity (Wildman–Crippen MR) is 84.9 cm³/mol. The number of hydrogen-bond acceptors (Lipinski definition) is 3. The highest BCUT2D eigenvalue weighted by atomic mass is 16.5. The van der Waals surface area contributed by atoms with Crippen molar-refractivity contribution < 1.29 is 14.6 Å². The van der Waals surface area contributed by atoms with E-state index in [-0.39, 0.29) is 12.2 Å². The first-order valence-corrected chi connectivity index (χ1v) is 7.41. The van der Waals surface area contributed by atoms with Crippen LogP contribution in [0, 0.1) is 5.92 Å². The lowest BCUT2D eigenvalue weighted by molar-refractivity contribution is -0.134. The Hall–Kier alpha value is -1.45. The molecule has 1 N–H and O–H groups in total. The Balaban J connectivity index is 2.62. The molecule has 1 rings (SSSR count). The second-order valence-electron chi connectivity index (χ2n) is 5.95. The number of Topliss-reactive ketones (excluding diaryl/α,β-unsaturated/α-hetero) is 1. The molecule has 0 aliphatic heterocycles. The van der Waals surface area contributed by atoms with Crippen molar-refractivity contribution in [1.29, 1.82) is 0 Å². The molecule has 0 unspecified atom stereocenters. The zero-order valence-electron chi connectivity index (χ0n) is 13.2. The van der Waals surface area contributed by atoms with Gasteiger partial charge >= 0.3 is 0 Å². The number of aliphatic hydroxyl groups excluding tert-OH is 1. The van der Waals surface area contributed by atoms with E-state index in [4.69, 9.17) is 4.74 Å². The van der Waals surface area contributed by atoms with Crippen LogP contribution < -0.4 is 0 Å². The fourth-order valence-electron chi connectivity index (χ4n) is 1.99. The minimum atomic E-state index is -0.785. The minimum absolute atomic E-state index is 0.0601. The average Bonchev–Trinajstić information content (AvgIpc) is 2.43. The summed E-state index contributed by atoms with van der Waals surface area (Å²) in [5, 5.41) is 9.79. The molecule has 2 atom stereocenters. The molecular formula is C18H26O3. The Kier molecular flexibility index (Phi) is 7.34. The molecule has 0 spiro atoms. The van der Waals surface area contributed by atoms with Crippen LogP contribution in [0.2, 0.25) is 0 Å². The van der Waals surface area contributed by atoms with Crippen molar-refractivity contribution in [3.05, 3.63) is 48.0 Å². The van der Waals surface area contributed by atoms with E-state index in [0.717, 1.165) is 5.56 Å². The van der Waals surface area contributed by atoms with E-state index in [0.29, 0.717) is 24.5 Å². The van der Waals surface area contributed by atoms with E-state index in [1.807, 2.05) is 30.3 Å². The topological polar surface area (TPSA) is 46.5 Å². The summed E-state index contributed by atoms with van der Waals surface area (Å²) in [6.07, 6.45) is -0.525. The van der Waals surface area contributed by atoms with Gasteiger partial charge in [0, 0.05) is 6.42 Å². The van der Waals surface area contributed by atoms with Crippen LogP contribution in [0.25, 0.3) is 0 Å². The van der Waals surface area contributed by atoms with Gasteiger partial charge in [0.15, 0.2) is 5.78 Å². The SMILES string of the molecule is C=C(C)[C@@H](O)CC(=O)[C@H](CC(C)C)OCc1ccccc1. The third-order valence-electron chi connectivity index (χ3n) is 3.30. The summed E-state index contributed by atoms with van der Waals surface area (Å²) in [6.45, 7) is 9.92. The highest BCUT2D eigenvalue weighted by Gasteiger charge is 2.23. The highest BCUT2D eigenvalue weighted by molar-refractivity contribution is 5.83. The van der Waals surface area contributed by atoms with Crippen LogP contribution in [0.1, 0.15) is 39.2 Å². The molecule has 21 heavy (non-hydrogen) atoms. The maximum atomic E-state index is 12.3.